The Morgan fingerprint density at radius 3 is 2.29 bits per heavy atom. The number of benzene rings is 1. The molecule has 0 N–H and O–H groups in total. The Bertz CT molecular complexity index is 413. The van der Waals surface area contributed by atoms with E-state index in [1.165, 1.54) is 12.1 Å². The predicted molar refractivity (Wildman–Crippen MR) is 48.3 cm³/mol. The van der Waals surface area contributed by atoms with Crippen molar-refractivity contribution in [1.82, 2.24) is 0 Å². The van der Waals surface area contributed by atoms with Gasteiger partial charge in [0, 0.05) is 0 Å². The summed E-state index contributed by atoms with van der Waals surface area (Å²) in [7, 11) is 0.298. The largest absolute Gasteiger partial charge is 0.530 e. The smallest absolute Gasteiger partial charge is 0.394 e. The van der Waals surface area contributed by atoms with Gasteiger partial charge in [0.05, 0.1) is 10.7 Å². The molecule has 1 aromatic carbocycles. The highest BCUT2D eigenvalue weighted by Crippen LogP contribution is 2.10. The fraction of sp³-hybridized carbons (Fsp3) is 0. The molecule has 0 aliphatic carbocycles. The molecule has 0 radical (unpaired) electrons. The molecule has 0 aromatic heterocycles. The number of hydrogen-bond acceptors (Lipinski definition) is 5. The molecule has 14 heavy (non-hydrogen) atoms. The summed E-state index contributed by atoms with van der Waals surface area (Å²) in [5, 5.41) is 0. The first-order valence-corrected chi connectivity index (χ1v) is 5.62. The van der Waals surface area contributed by atoms with Crippen LogP contribution in [0.3, 0.4) is 0 Å². The average molecular weight is 237 g/mol. The van der Waals surface area contributed by atoms with Crippen molar-refractivity contribution in [2.45, 2.75) is 0 Å². The van der Waals surface area contributed by atoms with Crippen LogP contribution in [0.15, 0.2) is 30.3 Å². The van der Waals surface area contributed by atoms with E-state index in [-0.39, 0.29) is 5.75 Å². The second-order valence-corrected chi connectivity index (χ2v) is 4.23. The van der Waals surface area contributed by atoms with Gasteiger partial charge in [-0.15, -0.1) is 0 Å². The molecule has 76 valence electrons. The van der Waals surface area contributed by atoms with Crippen LogP contribution >= 0.6 is 10.7 Å². The maximum absolute atomic E-state index is 10.7. The van der Waals surface area contributed by atoms with Gasteiger partial charge in [0.1, 0.15) is 5.75 Å². The lowest BCUT2D eigenvalue weighted by atomic mass is 10.3. The van der Waals surface area contributed by atoms with Gasteiger partial charge in [-0.05, 0) is 12.1 Å². The summed E-state index contributed by atoms with van der Waals surface area (Å²) in [4.78, 5) is 10.7. The molecule has 0 saturated carbocycles. The van der Waals surface area contributed by atoms with Crippen molar-refractivity contribution < 1.29 is 22.1 Å². The van der Waals surface area contributed by atoms with Crippen LogP contribution in [0.25, 0.3) is 0 Å². The summed E-state index contributed by atoms with van der Waals surface area (Å²) < 4.78 is 28.7. The minimum Gasteiger partial charge on any atom is -0.394 e. The molecule has 5 nitrogen and oxygen atoms in total. The zero-order valence-corrected chi connectivity index (χ0v) is 8.29. The van der Waals surface area contributed by atoms with E-state index in [0.29, 0.717) is 0 Å². The zero-order valence-electron chi connectivity index (χ0n) is 6.71. The summed E-state index contributed by atoms with van der Waals surface area (Å²) in [6.45, 7) is 0. The van der Waals surface area contributed by atoms with Crippen LogP contribution in [-0.2, 0) is 13.5 Å². The molecule has 0 aliphatic rings. The van der Waals surface area contributed by atoms with Gasteiger partial charge in [-0.1, -0.05) is 18.2 Å². The molecule has 0 amide bonds. The minimum absolute atomic E-state index is 0.165. The molecule has 1 aromatic rings. The Labute approximate surface area is 84.8 Å². The summed E-state index contributed by atoms with van der Waals surface area (Å²) in [5.41, 5.74) is 0. The van der Waals surface area contributed by atoms with Gasteiger partial charge in [-0.25, -0.2) is 4.79 Å². The van der Waals surface area contributed by atoms with Crippen LogP contribution in [0.1, 0.15) is 0 Å². The molecule has 0 bridgehead atoms. The molecule has 0 heterocycles. The SMILES string of the molecule is O=C(Oc1ccccc1)OS(=O)(=O)Cl. The van der Waals surface area contributed by atoms with Crippen molar-refractivity contribution in [2.24, 2.45) is 0 Å². The van der Waals surface area contributed by atoms with E-state index in [2.05, 4.69) is 19.6 Å². The molecule has 0 spiro atoms. The normalized spacial score (nSPS) is 10.6. The second-order valence-electron chi connectivity index (χ2n) is 2.14. The van der Waals surface area contributed by atoms with Crippen LogP contribution in [0.5, 0.6) is 5.75 Å². The predicted octanol–water partition coefficient (Wildman–Crippen LogP) is 1.69. The molecule has 0 fully saturated rings. The Morgan fingerprint density at radius 2 is 1.79 bits per heavy atom. The summed E-state index contributed by atoms with van der Waals surface area (Å²) in [6.07, 6.45) is -1.40. The number of ether oxygens (including phenoxy) is 1. The van der Waals surface area contributed by atoms with E-state index >= 15 is 0 Å². The van der Waals surface area contributed by atoms with Crippen LogP contribution < -0.4 is 4.74 Å². The second kappa shape index (κ2) is 4.30. The Hall–Kier alpha value is -1.27. The first-order valence-electron chi connectivity index (χ1n) is 3.38. The highest BCUT2D eigenvalue weighted by atomic mass is 35.7. The lowest BCUT2D eigenvalue weighted by Gasteiger charge is -2.01. The third kappa shape index (κ3) is 4.11. The highest BCUT2D eigenvalue weighted by Gasteiger charge is 2.15. The average Bonchev–Trinajstić information content (AvgIpc) is 2.02. The van der Waals surface area contributed by atoms with Crippen LogP contribution in [0, 0.1) is 0 Å². The lowest BCUT2D eigenvalue weighted by Crippen LogP contribution is -2.12. The van der Waals surface area contributed by atoms with E-state index in [0.717, 1.165) is 0 Å². The van der Waals surface area contributed by atoms with Crippen LogP contribution in [0.2, 0.25) is 0 Å². The van der Waals surface area contributed by atoms with Crippen molar-refractivity contribution >= 4 is 26.2 Å². The zero-order chi connectivity index (χ0) is 10.6. The van der Waals surface area contributed by atoms with Crippen molar-refractivity contribution in [1.29, 1.82) is 0 Å². The molecule has 0 unspecified atom stereocenters. The number of para-hydroxylation sites is 1. The third-order valence-electron chi connectivity index (χ3n) is 1.11. The number of carbonyl (C=O) groups excluding carboxylic acids is 1. The van der Waals surface area contributed by atoms with Gasteiger partial charge in [-0.3, -0.25) is 4.18 Å². The first kappa shape index (κ1) is 10.8. The topological polar surface area (TPSA) is 69.7 Å². The van der Waals surface area contributed by atoms with E-state index in [9.17, 15) is 13.2 Å². The minimum atomic E-state index is -4.35. The quantitative estimate of drug-likeness (QED) is 0.444. The molecule has 0 atom stereocenters. The summed E-state index contributed by atoms with van der Waals surface area (Å²) >= 11 is 0. The van der Waals surface area contributed by atoms with Gasteiger partial charge < -0.3 is 4.74 Å². The first-order chi connectivity index (χ1) is 6.47. The molecule has 7 heteroatoms. The van der Waals surface area contributed by atoms with Gasteiger partial charge >= 0.3 is 15.5 Å². The van der Waals surface area contributed by atoms with Gasteiger partial charge in [0.15, 0.2) is 0 Å². The van der Waals surface area contributed by atoms with Crippen molar-refractivity contribution in [2.75, 3.05) is 0 Å². The maximum Gasteiger partial charge on any atom is 0.530 e. The molecular weight excluding hydrogens is 232 g/mol. The van der Waals surface area contributed by atoms with Crippen molar-refractivity contribution in [3.05, 3.63) is 30.3 Å². The fourth-order valence-electron chi connectivity index (χ4n) is 0.683. The number of halogens is 1. The highest BCUT2D eigenvalue weighted by molar-refractivity contribution is 8.10. The maximum atomic E-state index is 10.7. The monoisotopic (exact) mass is 236 g/mol. The Balaban J connectivity index is 2.59. The summed E-state index contributed by atoms with van der Waals surface area (Å²) in [6, 6.07) is 7.84. The number of carbonyl (C=O) groups is 1. The molecule has 0 aliphatic heterocycles. The van der Waals surface area contributed by atoms with E-state index in [4.69, 9.17) is 0 Å². The van der Waals surface area contributed by atoms with Gasteiger partial charge in [0.2, 0.25) is 0 Å². The van der Waals surface area contributed by atoms with E-state index < -0.39 is 15.5 Å². The summed E-state index contributed by atoms with van der Waals surface area (Å²) in [5.74, 6) is 0.165. The fourth-order valence-corrected chi connectivity index (χ4v) is 1.03. The Morgan fingerprint density at radius 1 is 1.21 bits per heavy atom. The van der Waals surface area contributed by atoms with Gasteiger partial charge in [0.25, 0.3) is 0 Å². The van der Waals surface area contributed by atoms with Crippen LogP contribution in [0.4, 0.5) is 4.79 Å². The third-order valence-corrected chi connectivity index (χ3v) is 1.64. The van der Waals surface area contributed by atoms with Gasteiger partial charge in [-0.2, -0.15) is 8.42 Å². The van der Waals surface area contributed by atoms with E-state index in [1.807, 2.05) is 0 Å². The van der Waals surface area contributed by atoms with Crippen LogP contribution in [-0.4, -0.2) is 14.6 Å². The Kier molecular flexibility index (Phi) is 3.32. The molecule has 0 saturated heterocycles. The standard InChI is InChI=1S/C7H5ClO5S/c8-14(10,11)13-7(9)12-6-4-2-1-3-5-6/h1-5H. The lowest BCUT2D eigenvalue weighted by molar-refractivity contribution is 0.155. The van der Waals surface area contributed by atoms with E-state index in [1.54, 1.807) is 18.2 Å². The number of rotatable bonds is 2. The number of hydrogen-bond donors (Lipinski definition) is 0. The molecule has 1 rings (SSSR count). The van der Waals surface area contributed by atoms with Crippen molar-refractivity contribution in [3.63, 3.8) is 0 Å². The molecular formula is C7H5ClO5S. The van der Waals surface area contributed by atoms with Crippen molar-refractivity contribution in [3.8, 4) is 5.75 Å².